The number of para-hydroxylation sites is 1. The number of thioether (sulfide) groups is 1. The quantitative estimate of drug-likeness (QED) is 0.249. The zero-order valence-electron chi connectivity index (χ0n) is 16.8. The summed E-state index contributed by atoms with van der Waals surface area (Å²) in [6, 6.07) is 22.3. The van der Waals surface area contributed by atoms with Gasteiger partial charge in [0.05, 0.1) is 22.5 Å². The number of hydrogen-bond donors (Lipinski definition) is 0. The molecule has 2 heterocycles. The van der Waals surface area contributed by atoms with Crippen molar-refractivity contribution in [2.75, 3.05) is 10.7 Å². The van der Waals surface area contributed by atoms with Crippen LogP contribution < -0.4 is 4.90 Å². The predicted molar refractivity (Wildman–Crippen MR) is 126 cm³/mol. The molecule has 0 aliphatic carbocycles. The van der Waals surface area contributed by atoms with E-state index in [4.69, 9.17) is 4.98 Å². The lowest BCUT2D eigenvalue weighted by Gasteiger charge is -2.19. The van der Waals surface area contributed by atoms with Crippen molar-refractivity contribution in [3.05, 3.63) is 84.2 Å². The Morgan fingerprint density at radius 1 is 1.03 bits per heavy atom. The van der Waals surface area contributed by atoms with E-state index in [9.17, 15) is 4.79 Å². The van der Waals surface area contributed by atoms with Crippen LogP contribution in [0.3, 0.4) is 0 Å². The first-order valence-corrected chi connectivity index (χ1v) is 11.7. The van der Waals surface area contributed by atoms with E-state index in [1.54, 1.807) is 34.2 Å². The van der Waals surface area contributed by atoms with E-state index in [1.807, 2.05) is 42.5 Å². The van der Waals surface area contributed by atoms with Gasteiger partial charge in [-0.3, -0.25) is 14.7 Å². The van der Waals surface area contributed by atoms with Crippen LogP contribution >= 0.6 is 23.1 Å². The molecule has 0 fully saturated rings. The number of rotatable bonds is 8. The second kappa shape index (κ2) is 9.87. The number of carbonyl (C=O) groups excluding carboxylic acids is 1. The third-order valence-corrected chi connectivity index (χ3v) is 6.84. The second-order valence-corrected chi connectivity index (χ2v) is 9.21. The van der Waals surface area contributed by atoms with Crippen LogP contribution in [0.1, 0.15) is 24.1 Å². The van der Waals surface area contributed by atoms with E-state index in [0.717, 1.165) is 33.2 Å². The average molecular weight is 434 g/mol. The van der Waals surface area contributed by atoms with Gasteiger partial charge in [0, 0.05) is 17.5 Å². The summed E-state index contributed by atoms with van der Waals surface area (Å²) in [4.78, 5) is 25.3. The number of aromatic nitrogens is 2. The van der Waals surface area contributed by atoms with E-state index in [1.165, 1.54) is 10.5 Å². The number of fused-ring (bicyclic) bond motifs is 1. The average Bonchev–Trinajstić information content (AvgIpc) is 3.21. The van der Waals surface area contributed by atoms with Crippen molar-refractivity contribution in [3.63, 3.8) is 0 Å². The van der Waals surface area contributed by atoms with Crippen molar-refractivity contribution < 1.29 is 4.79 Å². The lowest BCUT2D eigenvalue weighted by molar-refractivity contribution is -0.118. The van der Waals surface area contributed by atoms with Gasteiger partial charge >= 0.3 is 0 Å². The number of thiazole rings is 1. The molecule has 0 unspecified atom stereocenters. The molecule has 4 aromatic rings. The lowest BCUT2D eigenvalue weighted by atomic mass is 10.2. The van der Waals surface area contributed by atoms with Gasteiger partial charge in [0.25, 0.3) is 0 Å². The van der Waals surface area contributed by atoms with Gasteiger partial charge in [-0.25, -0.2) is 4.98 Å². The van der Waals surface area contributed by atoms with Crippen LogP contribution in [-0.4, -0.2) is 21.6 Å². The largest absolute Gasteiger partial charge is 0.282 e. The molecule has 0 radical (unpaired) electrons. The fraction of sp³-hybridized carbons (Fsp3) is 0.208. The van der Waals surface area contributed by atoms with Gasteiger partial charge in [0.1, 0.15) is 0 Å². The van der Waals surface area contributed by atoms with Crippen LogP contribution in [0.5, 0.6) is 0 Å². The Morgan fingerprint density at radius 3 is 2.60 bits per heavy atom. The molecule has 30 heavy (non-hydrogen) atoms. The van der Waals surface area contributed by atoms with E-state index >= 15 is 0 Å². The highest BCUT2D eigenvalue weighted by Gasteiger charge is 2.20. The topological polar surface area (TPSA) is 46.1 Å². The number of aryl methyl sites for hydroxylation is 1. The van der Waals surface area contributed by atoms with Crippen molar-refractivity contribution >= 4 is 44.4 Å². The molecule has 152 valence electrons. The monoisotopic (exact) mass is 433 g/mol. The summed E-state index contributed by atoms with van der Waals surface area (Å²) in [6.45, 7) is 2.52. The Bertz CT molecular complexity index is 1080. The van der Waals surface area contributed by atoms with Gasteiger partial charge < -0.3 is 0 Å². The van der Waals surface area contributed by atoms with Gasteiger partial charge in [0.15, 0.2) is 5.13 Å². The van der Waals surface area contributed by atoms with Crippen molar-refractivity contribution in [2.45, 2.75) is 31.2 Å². The predicted octanol–water partition coefficient (Wildman–Crippen LogP) is 6.11. The molecule has 6 heteroatoms. The zero-order valence-corrected chi connectivity index (χ0v) is 18.5. The maximum atomic E-state index is 13.1. The number of hydrogen-bond acceptors (Lipinski definition) is 5. The van der Waals surface area contributed by atoms with Gasteiger partial charge in [-0.05, 0) is 55.5 Å². The molecular weight excluding hydrogens is 410 g/mol. The van der Waals surface area contributed by atoms with Gasteiger partial charge in [0.2, 0.25) is 5.91 Å². The summed E-state index contributed by atoms with van der Waals surface area (Å²) in [7, 11) is 0. The molecule has 0 aliphatic heterocycles. The highest BCUT2D eigenvalue weighted by molar-refractivity contribution is 7.99. The molecule has 0 bridgehead atoms. The van der Waals surface area contributed by atoms with Crippen LogP contribution in [0.4, 0.5) is 5.13 Å². The first-order chi connectivity index (χ1) is 14.7. The molecule has 4 rings (SSSR count). The summed E-state index contributed by atoms with van der Waals surface area (Å²) in [5.41, 5.74) is 3.04. The van der Waals surface area contributed by atoms with E-state index in [0.29, 0.717) is 13.0 Å². The number of pyridine rings is 1. The zero-order chi connectivity index (χ0) is 20.8. The Labute approximate surface area is 185 Å². The van der Waals surface area contributed by atoms with E-state index < -0.39 is 0 Å². The van der Waals surface area contributed by atoms with Crippen LogP contribution in [0.15, 0.2) is 77.8 Å². The number of anilines is 1. The minimum Gasteiger partial charge on any atom is -0.282 e. The third kappa shape index (κ3) is 5.26. The maximum absolute atomic E-state index is 13.1. The van der Waals surface area contributed by atoms with Crippen molar-refractivity contribution in [1.29, 1.82) is 0 Å². The van der Waals surface area contributed by atoms with Crippen LogP contribution in [-0.2, 0) is 11.3 Å². The fourth-order valence-electron chi connectivity index (χ4n) is 3.07. The second-order valence-electron chi connectivity index (χ2n) is 7.03. The van der Waals surface area contributed by atoms with Crippen molar-refractivity contribution in [3.8, 4) is 0 Å². The minimum absolute atomic E-state index is 0.0872. The standard InChI is InChI=1S/C24H23N3OS2/c1-18-11-13-20(14-12-18)29-16-6-10-23(28)27(17-19-7-4-5-15-25-19)24-26-21-8-2-3-9-22(21)30-24/h2-5,7-9,11-15H,6,10,16-17H2,1H3. The Morgan fingerprint density at radius 2 is 1.83 bits per heavy atom. The summed E-state index contributed by atoms with van der Waals surface area (Å²) in [5.74, 6) is 0.996. The number of nitrogens with zero attached hydrogens (tertiary/aromatic N) is 3. The molecule has 0 spiro atoms. The van der Waals surface area contributed by atoms with Crippen molar-refractivity contribution in [1.82, 2.24) is 9.97 Å². The fourth-order valence-corrected chi connectivity index (χ4v) is 4.91. The lowest BCUT2D eigenvalue weighted by Crippen LogP contribution is -2.30. The van der Waals surface area contributed by atoms with E-state index in [-0.39, 0.29) is 5.91 Å². The number of amides is 1. The Balaban J connectivity index is 1.44. The third-order valence-electron chi connectivity index (χ3n) is 4.69. The Hall–Kier alpha value is -2.70. The van der Waals surface area contributed by atoms with E-state index in [2.05, 4.69) is 36.2 Å². The SMILES string of the molecule is Cc1ccc(SCCCC(=O)N(Cc2ccccn2)c2nc3ccccc3s2)cc1. The van der Waals surface area contributed by atoms with Crippen molar-refractivity contribution in [2.24, 2.45) is 0 Å². The highest BCUT2D eigenvalue weighted by atomic mass is 32.2. The first kappa shape index (κ1) is 20.6. The highest BCUT2D eigenvalue weighted by Crippen LogP contribution is 2.30. The van der Waals surface area contributed by atoms with Gasteiger partial charge in [-0.15, -0.1) is 11.8 Å². The summed E-state index contributed by atoms with van der Waals surface area (Å²) in [6.07, 6.45) is 3.07. The minimum atomic E-state index is 0.0872. The van der Waals surface area contributed by atoms with Gasteiger partial charge in [-0.2, -0.15) is 0 Å². The molecule has 1 amide bonds. The molecule has 0 saturated heterocycles. The van der Waals surface area contributed by atoms with Crippen LogP contribution in [0.25, 0.3) is 10.2 Å². The van der Waals surface area contributed by atoms with Crippen LogP contribution in [0, 0.1) is 6.92 Å². The van der Waals surface area contributed by atoms with Crippen LogP contribution in [0.2, 0.25) is 0 Å². The molecule has 0 atom stereocenters. The number of benzene rings is 2. The smallest absolute Gasteiger partial charge is 0.229 e. The Kier molecular flexibility index (Phi) is 6.77. The molecule has 0 aliphatic rings. The van der Waals surface area contributed by atoms with Gasteiger partial charge in [-0.1, -0.05) is 47.2 Å². The molecule has 2 aromatic heterocycles. The number of carbonyl (C=O) groups is 1. The maximum Gasteiger partial charge on any atom is 0.229 e. The molecule has 2 aromatic carbocycles. The first-order valence-electron chi connectivity index (χ1n) is 9.94. The summed E-state index contributed by atoms with van der Waals surface area (Å²) < 4.78 is 1.08. The molecule has 0 saturated carbocycles. The summed E-state index contributed by atoms with van der Waals surface area (Å²) in [5, 5.41) is 0.734. The molecule has 4 nitrogen and oxygen atoms in total. The molecule has 0 N–H and O–H groups in total. The molecular formula is C24H23N3OS2. The summed E-state index contributed by atoms with van der Waals surface area (Å²) >= 11 is 3.34. The normalized spacial score (nSPS) is 11.0.